The molecule has 1 aromatic carbocycles. The number of anilines is 1. The van der Waals surface area contributed by atoms with Crippen LogP contribution < -0.4 is 10.6 Å². The first kappa shape index (κ1) is 14.4. The SMILES string of the molecule is O=C(NCCC1CNc2ccccc21)C1CCS(=O)(=O)C1. The van der Waals surface area contributed by atoms with Gasteiger partial charge in [0.15, 0.2) is 9.84 Å². The molecule has 3 rings (SSSR count). The van der Waals surface area contributed by atoms with Crippen LogP contribution in [0.4, 0.5) is 5.69 Å². The molecule has 2 heterocycles. The Kier molecular flexibility index (Phi) is 3.89. The van der Waals surface area contributed by atoms with Gasteiger partial charge in [0.05, 0.1) is 17.4 Å². The Morgan fingerprint density at radius 3 is 2.90 bits per heavy atom. The summed E-state index contributed by atoms with van der Waals surface area (Å²) in [5.41, 5.74) is 2.48. The van der Waals surface area contributed by atoms with Gasteiger partial charge in [-0.1, -0.05) is 18.2 Å². The summed E-state index contributed by atoms with van der Waals surface area (Å²) in [7, 11) is -2.99. The predicted octanol–water partition coefficient (Wildman–Crippen LogP) is 1.14. The van der Waals surface area contributed by atoms with Crippen molar-refractivity contribution in [1.29, 1.82) is 0 Å². The molecule has 2 N–H and O–H groups in total. The van der Waals surface area contributed by atoms with E-state index in [-0.39, 0.29) is 23.3 Å². The van der Waals surface area contributed by atoms with E-state index in [1.807, 2.05) is 12.1 Å². The number of sulfone groups is 1. The van der Waals surface area contributed by atoms with Gasteiger partial charge in [-0.05, 0) is 24.5 Å². The molecule has 0 radical (unpaired) electrons. The third kappa shape index (κ3) is 3.20. The maximum absolute atomic E-state index is 12.0. The highest BCUT2D eigenvalue weighted by molar-refractivity contribution is 7.91. The standard InChI is InChI=1S/C15H20N2O3S/c18-15(12-6-8-21(19,20)10-12)16-7-5-11-9-17-14-4-2-1-3-13(11)14/h1-4,11-12,17H,5-10H2,(H,16,18). The van der Waals surface area contributed by atoms with Crippen molar-refractivity contribution in [2.24, 2.45) is 5.92 Å². The van der Waals surface area contributed by atoms with Crippen molar-refractivity contribution < 1.29 is 13.2 Å². The van der Waals surface area contributed by atoms with E-state index >= 15 is 0 Å². The zero-order valence-electron chi connectivity index (χ0n) is 11.8. The number of carbonyl (C=O) groups is 1. The molecule has 21 heavy (non-hydrogen) atoms. The molecule has 0 aliphatic carbocycles. The molecule has 2 unspecified atom stereocenters. The zero-order chi connectivity index (χ0) is 14.9. The Hall–Kier alpha value is -1.56. The molecule has 114 valence electrons. The van der Waals surface area contributed by atoms with Crippen molar-refractivity contribution in [3.63, 3.8) is 0 Å². The highest BCUT2D eigenvalue weighted by Gasteiger charge is 2.32. The van der Waals surface area contributed by atoms with Gasteiger partial charge in [-0.25, -0.2) is 8.42 Å². The highest BCUT2D eigenvalue weighted by Crippen LogP contribution is 2.32. The number of benzene rings is 1. The van der Waals surface area contributed by atoms with Crippen LogP contribution in [0, 0.1) is 5.92 Å². The molecule has 0 aromatic heterocycles. The molecule has 6 heteroatoms. The summed E-state index contributed by atoms with van der Waals surface area (Å²) >= 11 is 0. The summed E-state index contributed by atoms with van der Waals surface area (Å²) in [5, 5.41) is 6.25. The Morgan fingerprint density at radius 1 is 1.33 bits per heavy atom. The lowest BCUT2D eigenvalue weighted by molar-refractivity contribution is -0.124. The van der Waals surface area contributed by atoms with E-state index in [1.165, 1.54) is 11.3 Å². The second-order valence-electron chi connectivity index (χ2n) is 5.84. The van der Waals surface area contributed by atoms with Gasteiger partial charge in [0.25, 0.3) is 0 Å². The summed E-state index contributed by atoms with van der Waals surface area (Å²) in [6.45, 7) is 1.49. The first-order valence-electron chi connectivity index (χ1n) is 7.36. The minimum atomic E-state index is -2.99. The van der Waals surface area contributed by atoms with Crippen LogP contribution in [0.2, 0.25) is 0 Å². The lowest BCUT2D eigenvalue weighted by Gasteiger charge is -2.13. The van der Waals surface area contributed by atoms with Crippen LogP contribution in [0.1, 0.15) is 24.3 Å². The molecule has 5 nitrogen and oxygen atoms in total. The molecular weight excluding hydrogens is 288 g/mol. The maximum Gasteiger partial charge on any atom is 0.224 e. The number of hydrogen-bond donors (Lipinski definition) is 2. The van der Waals surface area contributed by atoms with Crippen molar-refractivity contribution in [3.05, 3.63) is 29.8 Å². The van der Waals surface area contributed by atoms with E-state index in [2.05, 4.69) is 22.8 Å². The Labute approximate surface area is 125 Å². The molecular formula is C15H20N2O3S. The summed E-state index contributed by atoms with van der Waals surface area (Å²) in [5.74, 6) is 0.0885. The van der Waals surface area contributed by atoms with Crippen molar-refractivity contribution in [2.75, 3.05) is 29.9 Å². The average molecular weight is 308 g/mol. The van der Waals surface area contributed by atoms with Crippen LogP contribution in [0.5, 0.6) is 0 Å². The minimum absolute atomic E-state index is 0.00660. The van der Waals surface area contributed by atoms with E-state index in [0.717, 1.165) is 13.0 Å². The van der Waals surface area contributed by atoms with Gasteiger partial charge >= 0.3 is 0 Å². The fourth-order valence-corrected chi connectivity index (χ4v) is 4.87. The van der Waals surface area contributed by atoms with Crippen molar-refractivity contribution in [2.45, 2.75) is 18.8 Å². The predicted molar refractivity (Wildman–Crippen MR) is 82.1 cm³/mol. The van der Waals surface area contributed by atoms with Gasteiger partial charge in [-0.2, -0.15) is 0 Å². The molecule has 1 fully saturated rings. The van der Waals surface area contributed by atoms with Crippen LogP contribution in [0.25, 0.3) is 0 Å². The number of rotatable bonds is 4. The third-order valence-corrected chi connectivity index (χ3v) is 6.10. The van der Waals surface area contributed by atoms with Crippen LogP contribution in [0.3, 0.4) is 0 Å². The van der Waals surface area contributed by atoms with Crippen LogP contribution >= 0.6 is 0 Å². The van der Waals surface area contributed by atoms with E-state index in [0.29, 0.717) is 18.9 Å². The summed E-state index contributed by atoms with van der Waals surface area (Å²) in [4.78, 5) is 12.0. The van der Waals surface area contributed by atoms with Gasteiger partial charge < -0.3 is 10.6 Å². The lowest BCUT2D eigenvalue weighted by atomic mass is 9.98. The lowest BCUT2D eigenvalue weighted by Crippen LogP contribution is -2.32. The number of carbonyl (C=O) groups excluding carboxylic acids is 1. The number of amides is 1. The molecule has 2 atom stereocenters. The van der Waals surface area contributed by atoms with Crippen molar-refractivity contribution in [3.8, 4) is 0 Å². The van der Waals surface area contributed by atoms with Crippen LogP contribution in [-0.2, 0) is 14.6 Å². The van der Waals surface area contributed by atoms with Gasteiger partial charge in [0, 0.05) is 24.7 Å². The zero-order valence-corrected chi connectivity index (χ0v) is 12.7. The second-order valence-corrected chi connectivity index (χ2v) is 8.07. The number of hydrogen-bond acceptors (Lipinski definition) is 4. The third-order valence-electron chi connectivity index (χ3n) is 4.33. The normalized spacial score (nSPS) is 26.1. The highest BCUT2D eigenvalue weighted by atomic mass is 32.2. The molecule has 0 bridgehead atoms. The van der Waals surface area contributed by atoms with Gasteiger partial charge in [0.2, 0.25) is 5.91 Å². The van der Waals surface area contributed by atoms with E-state index in [4.69, 9.17) is 0 Å². The number of para-hydroxylation sites is 1. The topological polar surface area (TPSA) is 75.3 Å². The van der Waals surface area contributed by atoms with Gasteiger partial charge in [-0.15, -0.1) is 0 Å². The molecule has 1 saturated heterocycles. The Bertz CT molecular complexity index is 642. The molecule has 2 aliphatic heterocycles. The van der Waals surface area contributed by atoms with E-state index in [1.54, 1.807) is 0 Å². The molecule has 1 aromatic rings. The first-order valence-corrected chi connectivity index (χ1v) is 9.18. The molecule has 0 saturated carbocycles. The Morgan fingerprint density at radius 2 is 2.14 bits per heavy atom. The monoisotopic (exact) mass is 308 g/mol. The van der Waals surface area contributed by atoms with Gasteiger partial charge in [-0.3, -0.25) is 4.79 Å². The van der Waals surface area contributed by atoms with Crippen LogP contribution in [-0.4, -0.2) is 38.9 Å². The molecule has 0 spiro atoms. The summed E-state index contributed by atoms with van der Waals surface area (Å²) < 4.78 is 22.8. The summed E-state index contributed by atoms with van der Waals surface area (Å²) in [6.07, 6.45) is 1.33. The number of fused-ring (bicyclic) bond motifs is 1. The fraction of sp³-hybridized carbons (Fsp3) is 0.533. The summed E-state index contributed by atoms with van der Waals surface area (Å²) in [6, 6.07) is 8.22. The quantitative estimate of drug-likeness (QED) is 0.874. The van der Waals surface area contributed by atoms with E-state index < -0.39 is 9.84 Å². The number of nitrogens with one attached hydrogen (secondary N) is 2. The molecule has 2 aliphatic rings. The molecule has 1 amide bonds. The Balaban J connectivity index is 1.48. The first-order chi connectivity index (χ1) is 10.1. The van der Waals surface area contributed by atoms with Gasteiger partial charge in [0.1, 0.15) is 0 Å². The smallest absolute Gasteiger partial charge is 0.224 e. The fourth-order valence-electron chi connectivity index (χ4n) is 3.13. The largest absolute Gasteiger partial charge is 0.384 e. The average Bonchev–Trinajstić information content (AvgIpc) is 3.03. The van der Waals surface area contributed by atoms with Crippen molar-refractivity contribution >= 4 is 21.4 Å². The maximum atomic E-state index is 12.0. The van der Waals surface area contributed by atoms with Crippen molar-refractivity contribution in [1.82, 2.24) is 5.32 Å². The second kappa shape index (κ2) is 5.67. The van der Waals surface area contributed by atoms with Crippen LogP contribution in [0.15, 0.2) is 24.3 Å². The minimum Gasteiger partial charge on any atom is -0.384 e. The van der Waals surface area contributed by atoms with E-state index in [9.17, 15) is 13.2 Å².